The van der Waals surface area contributed by atoms with Crippen molar-refractivity contribution in [1.29, 1.82) is 0 Å². The maximum absolute atomic E-state index is 13.6. The lowest BCUT2D eigenvalue weighted by molar-refractivity contribution is -0.0859. The zero-order valence-electron chi connectivity index (χ0n) is 13.1. The SMILES string of the molecule is CCCNC1CC(Oc2ccc(Br)c(F)c2)C1(CC)CC. The molecule has 1 fully saturated rings. The highest BCUT2D eigenvalue weighted by Gasteiger charge is 2.53. The summed E-state index contributed by atoms with van der Waals surface area (Å²) < 4.78 is 20.2. The van der Waals surface area contributed by atoms with Crippen molar-refractivity contribution in [1.82, 2.24) is 5.32 Å². The van der Waals surface area contributed by atoms with Gasteiger partial charge in [0.2, 0.25) is 0 Å². The molecule has 0 heterocycles. The fraction of sp³-hybridized carbons (Fsp3) is 0.647. The van der Waals surface area contributed by atoms with Gasteiger partial charge in [-0.2, -0.15) is 0 Å². The summed E-state index contributed by atoms with van der Waals surface area (Å²) in [4.78, 5) is 0. The Bertz CT molecular complexity index is 476. The standard InChI is InChI=1S/C17H25BrFNO/c1-4-9-20-15-11-16(17(15,5-2)6-3)21-12-7-8-13(18)14(19)10-12/h7-8,10,15-16,20H,4-6,9,11H2,1-3H3. The number of hydrogen-bond acceptors (Lipinski definition) is 2. The molecular weight excluding hydrogens is 333 g/mol. The van der Waals surface area contributed by atoms with Crippen molar-refractivity contribution in [3.8, 4) is 5.75 Å². The van der Waals surface area contributed by atoms with Gasteiger partial charge in [0.1, 0.15) is 17.7 Å². The highest BCUT2D eigenvalue weighted by Crippen LogP contribution is 2.49. The van der Waals surface area contributed by atoms with E-state index >= 15 is 0 Å². The van der Waals surface area contributed by atoms with Crippen LogP contribution in [-0.4, -0.2) is 18.7 Å². The minimum atomic E-state index is -0.272. The van der Waals surface area contributed by atoms with Gasteiger partial charge in [-0.3, -0.25) is 0 Å². The van der Waals surface area contributed by atoms with Gasteiger partial charge in [-0.05, 0) is 53.9 Å². The molecule has 118 valence electrons. The first kappa shape index (κ1) is 16.8. The average molecular weight is 358 g/mol. The van der Waals surface area contributed by atoms with Gasteiger partial charge in [0.05, 0.1) is 4.47 Å². The second kappa shape index (κ2) is 7.10. The Morgan fingerprint density at radius 1 is 1.33 bits per heavy atom. The number of benzene rings is 1. The Kier molecular flexibility index (Phi) is 5.67. The summed E-state index contributed by atoms with van der Waals surface area (Å²) in [6.07, 6.45) is 4.47. The number of nitrogens with one attached hydrogen (secondary N) is 1. The van der Waals surface area contributed by atoms with E-state index in [0.29, 0.717) is 16.3 Å². The van der Waals surface area contributed by atoms with Gasteiger partial charge < -0.3 is 10.1 Å². The van der Waals surface area contributed by atoms with Crippen molar-refractivity contribution in [2.75, 3.05) is 6.54 Å². The van der Waals surface area contributed by atoms with Gasteiger partial charge in [0.25, 0.3) is 0 Å². The first-order chi connectivity index (χ1) is 10.1. The van der Waals surface area contributed by atoms with Crippen LogP contribution < -0.4 is 10.1 Å². The Morgan fingerprint density at radius 3 is 2.62 bits per heavy atom. The molecule has 0 saturated heterocycles. The first-order valence-corrected chi connectivity index (χ1v) is 8.71. The smallest absolute Gasteiger partial charge is 0.141 e. The lowest BCUT2D eigenvalue weighted by atomic mass is 9.58. The molecule has 4 heteroatoms. The second-order valence-corrected chi connectivity index (χ2v) is 6.72. The van der Waals surface area contributed by atoms with Gasteiger partial charge in [0.15, 0.2) is 0 Å². The predicted molar refractivity (Wildman–Crippen MR) is 88.2 cm³/mol. The molecule has 1 aliphatic carbocycles. The third kappa shape index (κ3) is 3.26. The predicted octanol–water partition coefficient (Wildman–Crippen LogP) is 4.91. The summed E-state index contributed by atoms with van der Waals surface area (Å²) in [6.45, 7) is 7.68. The van der Waals surface area contributed by atoms with Gasteiger partial charge in [0, 0.05) is 23.9 Å². The number of ether oxygens (including phenoxy) is 1. The van der Waals surface area contributed by atoms with Crippen molar-refractivity contribution < 1.29 is 9.13 Å². The maximum atomic E-state index is 13.6. The van der Waals surface area contributed by atoms with E-state index in [2.05, 4.69) is 42.0 Å². The molecule has 1 saturated carbocycles. The molecule has 0 aromatic heterocycles. The van der Waals surface area contributed by atoms with E-state index in [9.17, 15) is 4.39 Å². The van der Waals surface area contributed by atoms with E-state index in [-0.39, 0.29) is 17.3 Å². The molecule has 2 nitrogen and oxygen atoms in total. The zero-order valence-corrected chi connectivity index (χ0v) is 14.7. The van der Waals surface area contributed by atoms with Crippen molar-refractivity contribution in [2.24, 2.45) is 5.41 Å². The Labute approximate surface area is 135 Å². The van der Waals surface area contributed by atoms with Crippen LogP contribution in [-0.2, 0) is 0 Å². The molecule has 0 amide bonds. The van der Waals surface area contributed by atoms with Crippen LogP contribution in [0.3, 0.4) is 0 Å². The van der Waals surface area contributed by atoms with Crippen LogP contribution in [0.15, 0.2) is 22.7 Å². The summed E-state index contributed by atoms with van der Waals surface area (Å²) in [5, 5.41) is 3.64. The quantitative estimate of drug-likeness (QED) is 0.748. The van der Waals surface area contributed by atoms with Crippen LogP contribution in [0, 0.1) is 11.2 Å². The van der Waals surface area contributed by atoms with Crippen molar-refractivity contribution in [3.05, 3.63) is 28.5 Å². The molecule has 0 spiro atoms. The highest BCUT2D eigenvalue weighted by molar-refractivity contribution is 9.10. The maximum Gasteiger partial charge on any atom is 0.141 e. The Morgan fingerprint density at radius 2 is 2.05 bits per heavy atom. The van der Waals surface area contributed by atoms with E-state index in [0.717, 1.165) is 32.2 Å². The van der Waals surface area contributed by atoms with E-state index in [1.807, 2.05) is 6.07 Å². The zero-order chi connectivity index (χ0) is 15.5. The fourth-order valence-corrected chi connectivity index (χ4v) is 3.68. The van der Waals surface area contributed by atoms with Crippen LogP contribution in [0.5, 0.6) is 5.75 Å². The molecule has 1 aliphatic rings. The summed E-state index contributed by atoms with van der Waals surface area (Å²) in [5.74, 6) is 0.354. The summed E-state index contributed by atoms with van der Waals surface area (Å²) in [7, 11) is 0. The Balaban J connectivity index is 2.07. The topological polar surface area (TPSA) is 21.3 Å². The molecule has 0 aliphatic heterocycles. The highest BCUT2D eigenvalue weighted by atomic mass is 79.9. The molecule has 1 aromatic rings. The summed E-state index contributed by atoms with van der Waals surface area (Å²) >= 11 is 3.17. The van der Waals surface area contributed by atoms with Crippen molar-refractivity contribution in [2.45, 2.75) is 58.6 Å². The van der Waals surface area contributed by atoms with E-state index < -0.39 is 0 Å². The lowest BCUT2D eigenvalue weighted by Gasteiger charge is -2.55. The third-order valence-corrected chi connectivity index (χ3v) is 5.55. The average Bonchev–Trinajstić information content (AvgIpc) is 2.47. The monoisotopic (exact) mass is 357 g/mol. The van der Waals surface area contributed by atoms with E-state index in [1.165, 1.54) is 6.07 Å². The third-order valence-electron chi connectivity index (χ3n) is 4.91. The van der Waals surface area contributed by atoms with Crippen LogP contribution in [0.4, 0.5) is 4.39 Å². The second-order valence-electron chi connectivity index (χ2n) is 5.87. The molecule has 1 aromatic carbocycles. The first-order valence-electron chi connectivity index (χ1n) is 7.92. The van der Waals surface area contributed by atoms with Gasteiger partial charge in [-0.15, -0.1) is 0 Å². The minimum Gasteiger partial charge on any atom is -0.490 e. The molecule has 2 unspecified atom stereocenters. The van der Waals surface area contributed by atoms with Crippen LogP contribution in [0.1, 0.15) is 46.5 Å². The summed E-state index contributed by atoms with van der Waals surface area (Å²) in [6, 6.07) is 5.51. The number of rotatable bonds is 7. The fourth-order valence-electron chi connectivity index (χ4n) is 3.43. The van der Waals surface area contributed by atoms with Gasteiger partial charge >= 0.3 is 0 Å². The van der Waals surface area contributed by atoms with E-state index in [1.54, 1.807) is 6.07 Å². The largest absolute Gasteiger partial charge is 0.490 e. The van der Waals surface area contributed by atoms with Crippen molar-refractivity contribution >= 4 is 15.9 Å². The Hall–Kier alpha value is -0.610. The summed E-state index contributed by atoms with van der Waals surface area (Å²) in [5.41, 5.74) is 0.165. The molecule has 1 N–H and O–H groups in total. The normalized spacial score (nSPS) is 23.7. The van der Waals surface area contributed by atoms with Gasteiger partial charge in [-0.25, -0.2) is 4.39 Å². The molecule has 2 atom stereocenters. The molecule has 0 bridgehead atoms. The molecule has 0 radical (unpaired) electrons. The lowest BCUT2D eigenvalue weighted by Crippen LogP contribution is -2.64. The molecule has 21 heavy (non-hydrogen) atoms. The van der Waals surface area contributed by atoms with Crippen LogP contribution >= 0.6 is 15.9 Å². The number of hydrogen-bond donors (Lipinski definition) is 1. The van der Waals surface area contributed by atoms with Crippen molar-refractivity contribution in [3.63, 3.8) is 0 Å². The molecule has 2 rings (SSSR count). The van der Waals surface area contributed by atoms with Crippen LogP contribution in [0.25, 0.3) is 0 Å². The number of halogens is 2. The minimum absolute atomic E-state index is 0.165. The molecular formula is C17H25BrFNO. The van der Waals surface area contributed by atoms with E-state index in [4.69, 9.17) is 4.74 Å². The van der Waals surface area contributed by atoms with Crippen LogP contribution in [0.2, 0.25) is 0 Å². The van der Waals surface area contributed by atoms with Gasteiger partial charge in [-0.1, -0.05) is 20.8 Å².